The third kappa shape index (κ3) is 4.90. The lowest BCUT2D eigenvalue weighted by molar-refractivity contribution is -0.153. The Morgan fingerprint density at radius 1 is 1.09 bits per heavy atom. The SMILES string of the molecule is CCOC(=O)[C@H]1C(=O)NC(N2CCN(c3ccccc3OC)CC2)=N[C@H]1c1ccc(Cl)cc1. The van der Waals surface area contributed by atoms with Gasteiger partial charge < -0.3 is 19.3 Å². The lowest BCUT2D eigenvalue weighted by Crippen LogP contribution is -2.57. The zero-order chi connectivity index (χ0) is 23.4. The van der Waals surface area contributed by atoms with E-state index in [1.165, 1.54) is 0 Å². The number of carbonyl (C=O) groups is 2. The number of ether oxygens (including phenoxy) is 2. The first-order chi connectivity index (χ1) is 16.0. The predicted octanol–water partition coefficient (Wildman–Crippen LogP) is 2.88. The van der Waals surface area contributed by atoms with Gasteiger partial charge in [-0.25, -0.2) is 4.99 Å². The summed E-state index contributed by atoms with van der Waals surface area (Å²) >= 11 is 6.04. The van der Waals surface area contributed by atoms with E-state index in [1.807, 2.05) is 29.2 Å². The molecule has 2 atom stereocenters. The number of piperazine rings is 1. The number of hydrogen-bond acceptors (Lipinski definition) is 7. The molecular weight excluding hydrogens is 444 g/mol. The number of benzene rings is 2. The highest BCUT2D eigenvalue weighted by molar-refractivity contribution is 6.30. The molecule has 0 aromatic heterocycles. The number of nitrogens with one attached hydrogen (secondary N) is 1. The second kappa shape index (κ2) is 10.1. The smallest absolute Gasteiger partial charge is 0.321 e. The minimum Gasteiger partial charge on any atom is -0.495 e. The molecule has 2 aliphatic rings. The van der Waals surface area contributed by atoms with Crippen molar-refractivity contribution in [1.82, 2.24) is 10.2 Å². The Bertz CT molecular complexity index is 1040. The molecule has 33 heavy (non-hydrogen) atoms. The minimum absolute atomic E-state index is 0.192. The highest BCUT2D eigenvalue weighted by Crippen LogP contribution is 2.32. The standard InChI is InChI=1S/C24H27ClN4O4/c1-3-33-23(31)20-21(16-8-10-17(25)11-9-16)26-24(27-22(20)30)29-14-12-28(13-15-29)18-6-4-5-7-19(18)32-2/h4-11,20-21H,3,12-15H2,1-2H3,(H,26,27,30)/t20-,21+/m1/s1. The second-order valence-corrected chi connectivity index (χ2v) is 8.25. The summed E-state index contributed by atoms with van der Waals surface area (Å²) in [6.45, 7) is 4.71. The molecule has 2 heterocycles. The molecule has 4 rings (SSSR count). The van der Waals surface area contributed by atoms with Crippen molar-refractivity contribution in [3.8, 4) is 5.75 Å². The molecule has 0 spiro atoms. The molecule has 1 fully saturated rings. The number of esters is 1. The molecule has 2 aromatic carbocycles. The fraction of sp³-hybridized carbons (Fsp3) is 0.375. The van der Waals surface area contributed by atoms with Crippen LogP contribution in [0.15, 0.2) is 53.5 Å². The molecule has 0 saturated carbocycles. The molecule has 0 aliphatic carbocycles. The van der Waals surface area contributed by atoms with Crippen LogP contribution in [0.4, 0.5) is 5.69 Å². The van der Waals surface area contributed by atoms with Gasteiger partial charge in [-0.2, -0.15) is 0 Å². The molecule has 9 heteroatoms. The van der Waals surface area contributed by atoms with Gasteiger partial charge in [-0.3, -0.25) is 14.9 Å². The fourth-order valence-electron chi connectivity index (χ4n) is 4.18. The maximum Gasteiger partial charge on any atom is 0.321 e. The van der Waals surface area contributed by atoms with Crippen LogP contribution in [0.5, 0.6) is 5.75 Å². The quantitative estimate of drug-likeness (QED) is 0.534. The normalized spacial score (nSPS) is 20.7. The van der Waals surface area contributed by atoms with Crippen LogP contribution >= 0.6 is 11.6 Å². The van der Waals surface area contributed by atoms with E-state index < -0.39 is 23.8 Å². The van der Waals surface area contributed by atoms with Crippen molar-refractivity contribution in [1.29, 1.82) is 0 Å². The molecular formula is C24H27ClN4O4. The number of carbonyl (C=O) groups excluding carboxylic acids is 2. The third-order valence-corrected chi connectivity index (χ3v) is 6.10. The zero-order valence-electron chi connectivity index (χ0n) is 18.7. The largest absolute Gasteiger partial charge is 0.495 e. The Hall–Kier alpha value is -3.26. The van der Waals surface area contributed by atoms with Crippen molar-refractivity contribution in [3.63, 3.8) is 0 Å². The lowest BCUT2D eigenvalue weighted by Gasteiger charge is -2.40. The highest BCUT2D eigenvalue weighted by atomic mass is 35.5. The van der Waals surface area contributed by atoms with Gasteiger partial charge in [-0.1, -0.05) is 35.9 Å². The first-order valence-corrected chi connectivity index (χ1v) is 11.3. The Morgan fingerprint density at radius 3 is 2.42 bits per heavy atom. The van der Waals surface area contributed by atoms with Crippen LogP contribution in [-0.4, -0.2) is 62.6 Å². The Balaban J connectivity index is 1.56. The van der Waals surface area contributed by atoms with Gasteiger partial charge in [0.15, 0.2) is 5.92 Å². The summed E-state index contributed by atoms with van der Waals surface area (Å²) in [5.41, 5.74) is 1.77. The van der Waals surface area contributed by atoms with Crippen LogP contribution in [0.2, 0.25) is 5.02 Å². The summed E-state index contributed by atoms with van der Waals surface area (Å²) in [5, 5.41) is 3.40. The van der Waals surface area contributed by atoms with Crippen LogP contribution in [-0.2, 0) is 14.3 Å². The van der Waals surface area contributed by atoms with Crippen LogP contribution in [0, 0.1) is 5.92 Å². The number of anilines is 1. The number of amides is 1. The summed E-state index contributed by atoms with van der Waals surface area (Å²) in [6, 6.07) is 14.3. The van der Waals surface area contributed by atoms with E-state index in [9.17, 15) is 9.59 Å². The Labute approximate surface area is 198 Å². The summed E-state index contributed by atoms with van der Waals surface area (Å²) in [5.74, 6) is -0.747. The first-order valence-electron chi connectivity index (χ1n) is 11.0. The van der Waals surface area contributed by atoms with Gasteiger partial charge in [-0.15, -0.1) is 0 Å². The van der Waals surface area contributed by atoms with Crippen molar-refractivity contribution in [2.24, 2.45) is 10.9 Å². The van der Waals surface area contributed by atoms with E-state index >= 15 is 0 Å². The van der Waals surface area contributed by atoms with Crippen molar-refractivity contribution in [3.05, 3.63) is 59.1 Å². The molecule has 1 N–H and O–H groups in total. The summed E-state index contributed by atoms with van der Waals surface area (Å²) in [4.78, 5) is 34.7. The summed E-state index contributed by atoms with van der Waals surface area (Å²) in [6.07, 6.45) is 0. The number of nitrogens with zero attached hydrogens (tertiary/aromatic N) is 3. The molecule has 0 unspecified atom stereocenters. The molecule has 1 amide bonds. The molecule has 0 bridgehead atoms. The maximum absolute atomic E-state index is 13.0. The van der Waals surface area contributed by atoms with E-state index in [1.54, 1.807) is 38.3 Å². The van der Waals surface area contributed by atoms with Gasteiger partial charge in [-0.05, 0) is 36.8 Å². The predicted molar refractivity (Wildman–Crippen MR) is 127 cm³/mol. The van der Waals surface area contributed by atoms with Gasteiger partial charge in [0.05, 0.1) is 19.4 Å². The van der Waals surface area contributed by atoms with Crippen LogP contribution < -0.4 is 15.0 Å². The van der Waals surface area contributed by atoms with E-state index in [2.05, 4.69) is 10.2 Å². The average Bonchev–Trinajstić information content (AvgIpc) is 2.84. The fourth-order valence-corrected chi connectivity index (χ4v) is 4.30. The van der Waals surface area contributed by atoms with Gasteiger partial charge in [0.1, 0.15) is 11.8 Å². The van der Waals surface area contributed by atoms with Gasteiger partial charge in [0, 0.05) is 31.2 Å². The van der Waals surface area contributed by atoms with Crippen LogP contribution in [0.1, 0.15) is 18.5 Å². The van der Waals surface area contributed by atoms with Crippen LogP contribution in [0.3, 0.4) is 0 Å². The maximum atomic E-state index is 13.0. The minimum atomic E-state index is -1.05. The molecule has 0 radical (unpaired) electrons. The van der Waals surface area contributed by atoms with Gasteiger partial charge in [0.2, 0.25) is 11.9 Å². The number of halogens is 1. The summed E-state index contributed by atoms with van der Waals surface area (Å²) in [7, 11) is 1.66. The summed E-state index contributed by atoms with van der Waals surface area (Å²) < 4.78 is 10.7. The van der Waals surface area contributed by atoms with E-state index in [-0.39, 0.29) is 6.61 Å². The molecule has 8 nitrogen and oxygen atoms in total. The highest BCUT2D eigenvalue weighted by Gasteiger charge is 2.42. The van der Waals surface area contributed by atoms with Gasteiger partial charge >= 0.3 is 5.97 Å². The van der Waals surface area contributed by atoms with E-state index in [4.69, 9.17) is 26.1 Å². The number of hydrogen-bond donors (Lipinski definition) is 1. The average molecular weight is 471 g/mol. The van der Waals surface area contributed by atoms with Crippen LogP contribution in [0.25, 0.3) is 0 Å². The number of rotatable bonds is 5. The van der Waals surface area contributed by atoms with E-state index in [0.29, 0.717) is 24.1 Å². The van der Waals surface area contributed by atoms with Crippen molar-refractivity contribution < 1.29 is 19.1 Å². The van der Waals surface area contributed by atoms with Crippen molar-refractivity contribution in [2.45, 2.75) is 13.0 Å². The molecule has 2 aromatic rings. The Kier molecular flexibility index (Phi) is 7.03. The Morgan fingerprint density at radius 2 is 1.76 bits per heavy atom. The van der Waals surface area contributed by atoms with E-state index in [0.717, 1.165) is 30.1 Å². The monoisotopic (exact) mass is 470 g/mol. The zero-order valence-corrected chi connectivity index (χ0v) is 19.4. The third-order valence-electron chi connectivity index (χ3n) is 5.85. The lowest BCUT2D eigenvalue weighted by atomic mass is 9.91. The number of aliphatic imine (C=N–C) groups is 1. The molecule has 2 aliphatic heterocycles. The second-order valence-electron chi connectivity index (χ2n) is 7.81. The number of methoxy groups -OCH3 is 1. The van der Waals surface area contributed by atoms with Crippen molar-refractivity contribution >= 4 is 35.1 Å². The number of guanidine groups is 1. The first kappa shape index (κ1) is 22.9. The van der Waals surface area contributed by atoms with Gasteiger partial charge in [0.25, 0.3) is 0 Å². The number of para-hydroxylation sites is 2. The topological polar surface area (TPSA) is 83.5 Å². The molecule has 1 saturated heterocycles. The van der Waals surface area contributed by atoms with Crippen molar-refractivity contribution in [2.75, 3.05) is 44.8 Å². The molecule has 174 valence electrons.